The molecule has 0 bridgehead atoms. The molecule has 2 aromatic carbocycles. The smallest absolute Gasteiger partial charge is 0.235 e. The molecule has 1 atom stereocenters. The quantitative estimate of drug-likeness (QED) is 0.574. The summed E-state index contributed by atoms with van der Waals surface area (Å²) in [5, 5.41) is 10.6. The summed E-state index contributed by atoms with van der Waals surface area (Å²) < 4.78 is 22.4. The van der Waals surface area contributed by atoms with Gasteiger partial charge in [0.15, 0.2) is 0 Å². The van der Waals surface area contributed by atoms with Crippen molar-refractivity contribution in [3.63, 3.8) is 0 Å². The fraction of sp³-hybridized carbons (Fsp3) is 0.375. The molecule has 0 radical (unpaired) electrons. The molecule has 1 aromatic heterocycles. The first-order chi connectivity index (χ1) is 15.0. The molecule has 1 fully saturated rings. The van der Waals surface area contributed by atoms with E-state index in [1.165, 1.54) is 6.26 Å². The first-order valence-corrected chi connectivity index (χ1v) is 10.4. The molecule has 0 aliphatic carbocycles. The molecule has 3 aromatic rings. The zero-order valence-electron chi connectivity index (χ0n) is 18.2. The van der Waals surface area contributed by atoms with Crippen LogP contribution in [-0.2, 0) is 4.74 Å². The van der Waals surface area contributed by atoms with E-state index < -0.39 is 6.10 Å². The second-order valence-electron chi connectivity index (χ2n) is 7.89. The van der Waals surface area contributed by atoms with Gasteiger partial charge in [0.25, 0.3) is 0 Å². The lowest BCUT2D eigenvalue weighted by Crippen LogP contribution is -2.42. The molecule has 172 valence electrons. The highest BCUT2D eigenvalue weighted by Crippen LogP contribution is 2.25. The Kier molecular flexibility index (Phi) is 8.15. The number of hydrogen-bond donors (Lipinski definition) is 1. The van der Waals surface area contributed by atoms with E-state index in [4.69, 9.17) is 18.6 Å². The zero-order chi connectivity index (χ0) is 21.8. The van der Waals surface area contributed by atoms with Crippen LogP contribution in [0.3, 0.4) is 0 Å². The SMILES string of the molecule is Cc1cc(C)cc(Oc2coc3cc(OCC(O)CN4CCOCC4)ccc3c2=O)c1.Cl. The van der Waals surface area contributed by atoms with Crippen LogP contribution in [-0.4, -0.2) is 55.6 Å². The number of hydrogen-bond acceptors (Lipinski definition) is 7. The molecule has 1 saturated heterocycles. The number of benzene rings is 2. The van der Waals surface area contributed by atoms with Gasteiger partial charge in [-0.3, -0.25) is 9.69 Å². The van der Waals surface area contributed by atoms with Crippen molar-refractivity contribution in [1.29, 1.82) is 0 Å². The first-order valence-electron chi connectivity index (χ1n) is 10.4. The van der Waals surface area contributed by atoms with Gasteiger partial charge in [-0.05, 0) is 49.2 Å². The average Bonchev–Trinajstić information content (AvgIpc) is 2.74. The molecule has 2 heterocycles. The normalized spacial score (nSPS) is 15.2. The number of aliphatic hydroxyl groups is 1. The topological polar surface area (TPSA) is 81.4 Å². The van der Waals surface area contributed by atoms with Gasteiger partial charge in [0.2, 0.25) is 11.2 Å². The van der Waals surface area contributed by atoms with Gasteiger partial charge in [-0.1, -0.05) is 6.07 Å². The Morgan fingerprint density at radius 3 is 2.50 bits per heavy atom. The third-order valence-electron chi connectivity index (χ3n) is 5.15. The summed E-state index contributed by atoms with van der Waals surface area (Å²) in [4.78, 5) is 15.0. The molecular formula is C24H28ClNO6. The third kappa shape index (κ3) is 6.01. The van der Waals surface area contributed by atoms with E-state index in [0.29, 0.717) is 42.2 Å². The van der Waals surface area contributed by atoms with Crippen molar-refractivity contribution in [2.45, 2.75) is 20.0 Å². The summed E-state index contributed by atoms with van der Waals surface area (Å²) in [6.07, 6.45) is 0.703. The van der Waals surface area contributed by atoms with E-state index in [2.05, 4.69) is 4.90 Å². The lowest BCUT2D eigenvalue weighted by Gasteiger charge is -2.28. The van der Waals surface area contributed by atoms with Crippen molar-refractivity contribution < 1.29 is 23.7 Å². The van der Waals surface area contributed by atoms with Gasteiger partial charge in [-0.15, -0.1) is 12.4 Å². The van der Waals surface area contributed by atoms with Gasteiger partial charge in [-0.2, -0.15) is 0 Å². The Bertz CT molecular complexity index is 1090. The standard InChI is InChI=1S/C24H27NO6.ClH/c1-16-9-17(2)11-20(10-16)31-23-15-30-22-12-19(3-4-21(22)24(23)27)29-14-18(26)13-25-5-7-28-8-6-25;/h3-4,9-12,15,18,26H,5-8,13-14H2,1-2H3;1H. The summed E-state index contributed by atoms with van der Waals surface area (Å²) >= 11 is 0. The maximum absolute atomic E-state index is 12.8. The fourth-order valence-corrected chi connectivity index (χ4v) is 3.70. The minimum atomic E-state index is -0.616. The molecule has 7 nitrogen and oxygen atoms in total. The van der Waals surface area contributed by atoms with Crippen LogP contribution in [0.15, 0.2) is 51.9 Å². The maximum atomic E-state index is 12.8. The Balaban J connectivity index is 0.00000289. The van der Waals surface area contributed by atoms with Gasteiger partial charge >= 0.3 is 0 Å². The third-order valence-corrected chi connectivity index (χ3v) is 5.15. The summed E-state index contributed by atoms with van der Waals surface area (Å²) in [5.41, 5.74) is 2.26. The van der Waals surface area contributed by atoms with Gasteiger partial charge in [0.1, 0.15) is 36.1 Å². The van der Waals surface area contributed by atoms with E-state index >= 15 is 0 Å². The summed E-state index contributed by atoms with van der Waals surface area (Å²) in [6, 6.07) is 10.8. The monoisotopic (exact) mass is 461 g/mol. The molecule has 0 amide bonds. The van der Waals surface area contributed by atoms with Crippen molar-refractivity contribution >= 4 is 23.4 Å². The highest BCUT2D eigenvalue weighted by Gasteiger charge is 2.16. The molecule has 0 saturated carbocycles. The van der Waals surface area contributed by atoms with Crippen molar-refractivity contribution in [3.05, 3.63) is 64.0 Å². The number of halogens is 1. The van der Waals surface area contributed by atoms with Crippen molar-refractivity contribution in [1.82, 2.24) is 4.90 Å². The molecule has 1 aliphatic heterocycles. The average molecular weight is 462 g/mol. The molecule has 1 unspecified atom stereocenters. The van der Waals surface area contributed by atoms with Crippen molar-refractivity contribution in [2.75, 3.05) is 39.5 Å². The van der Waals surface area contributed by atoms with Crippen LogP contribution in [0.4, 0.5) is 0 Å². The number of nitrogens with zero attached hydrogens (tertiary/aromatic N) is 1. The van der Waals surface area contributed by atoms with E-state index in [9.17, 15) is 9.90 Å². The number of aliphatic hydroxyl groups excluding tert-OH is 1. The summed E-state index contributed by atoms with van der Waals surface area (Å²) in [6.45, 7) is 7.63. The van der Waals surface area contributed by atoms with Gasteiger partial charge in [-0.25, -0.2) is 0 Å². The van der Waals surface area contributed by atoms with Crippen LogP contribution in [0.25, 0.3) is 11.0 Å². The molecule has 8 heteroatoms. The van der Waals surface area contributed by atoms with E-state index in [0.717, 1.165) is 24.2 Å². The Labute approximate surface area is 192 Å². The van der Waals surface area contributed by atoms with Crippen LogP contribution in [0.2, 0.25) is 0 Å². The van der Waals surface area contributed by atoms with Gasteiger partial charge < -0.3 is 23.7 Å². The predicted octanol–water partition coefficient (Wildman–Crippen LogP) is 3.70. The molecule has 0 spiro atoms. The highest BCUT2D eigenvalue weighted by molar-refractivity contribution is 5.85. The number of fused-ring (bicyclic) bond motifs is 1. The first kappa shape index (κ1) is 24.1. The second-order valence-corrected chi connectivity index (χ2v) is 7.89. The molecule has 1 aliphatic rings. The molecule has 4 rings (SSSR count). The van der Waals surface area contributed by atoms with Crippen LogP contribution in [0.1, 0.15) is 11.1 Å². The maximum Gasteiger partial charge on any atom is 0.235 e. The summed E-state index contributed by atoms with van der Waals surface area (Å²) in [5.74, 6) is 1.25. The minimum Gasteiger partial charge on any atom is -0.491 e. The number of rotatable bonds is 7. The Morgan fingerprint density at radius 2 is 1.78 bits per heavy atom. The molecular weight excluding hydrogens is 434 g/mol. The predicted molar refractivity (Wildman–Crippen MR) is 124 cm³/mol. The Morgan fingerprint density at radius 1 is 1.06 bits per heavy atom. The summed E-state index contributed by atoms with van der Waals surface area (Å²) in [7, 11) is 0. The van der Waals surface area contributed by atoms with Crippen LogP contribution < -0.4 is 14.9 Å². The van der Waals surface area contributed by atoms with Crippen molar-refractivity contribution in [2.24, 2.45) is 0 Å². The second kappa shape index (κ2) is 10.8. The largest absolute Gasteiger partial charge is 0.491 e. The minimum absolute atomic E-state index is 0. The fourth-order valence-electron chi connectivity index (χ4n) is 3.70. The lowest BCUT2D eigenvalue weighted by molar-refractivity contribution is 0.00466. The number of aryl methyl sites for hydroxylation is 2. The number of morpholine rings is 1. The Hall–Kier alpha value is -2.58. The highest BCUT2D eigenvalue weighted by atomic mass is 35.5. The number of ether oxygens (including phenoxy) is 3. The van der Waals surface area contributed by atoms with E-state index in [1.54, 1.807) is 18.2 Å². The van der Waals surface area contributed by atoms with Gasteiger partial charge in [0, 0.05) is 25.7 Å². The van der Waals surface area contributed by atoms with Crippen LogP contribution in [0.5, 0.6) is 17.2 Å². The molecule has 1 N–H and O–H groups in total. The number of β-amino-alcohol motifs (C(OH)–C–C–N with tert-alkyl or cyclic N) is 1. The molecule has 32 heavy (non-hydrogen) atoms. The van der Waals surface area contributed by atoms with E-state index in [1.807, 2.05) is 32.0 Å². The lowest BCUT2D eigenvalue weighted by atomic mass is 10.1. The van der Waals surface area contributed by atoms with E-state index in [-0.39, 0.29) is 30.2 Å². The van der Waals surface area contributed by atoms with Crippen LogP contribution in [0, 0.1) is 13.8 Å². The van der Waals surface area contributed by atoms with Crippen molar-refractivity contribution in [3.8, 4) is 17.2 Å². The zero-order valence-corrected chi connectivity index (χ0v) is 19.0. The van der Waals surface area contributed by atoms with Gasteiger partial charge in [0.05, 0.1) is 18.6 Å². The van der Waals surface area contributed by atoms with Crippen LogP contribution >= 0.6 is 12.4 Å².